The molecule has 0 atom stereocenters. The number of pyridine rings is 1. The molecule has 1 aliphatic rings. The fourth-order valence-corrected chi connectivity index (χ4v) is 0.986. The third-order valence-electron chi connectivity index (χ3n) is 1.51. The number of aliphatic imine (C=N–C) groups is 1. The van der Waals surface area contributed by atoms with Crippen molar-refractivity contribution in [1.29, 1.82) is 0 Å². The van der Waals surface area contributed by atoms with Gasteiger partial charge in [-0.2, -0.15) is 0 Å². The number of aromatic nitrogens is 1. The van der Waals surface area contributed by atoms with E-state index in [9.17, 15) is 0 Å². The minimum atomic E-state index is 0.553. The van der Waals surface area contributed by atoms with Gasteiger partial charge in [-0.3, -0.25) is 0 Å². The van der Waals surface area contributed by atoms with Crippen LogP contribution < -0.4 is 4.74 Å². The molecule has 3 nitrogen and oxygen atoms in total. The first-order valence-corrected chi connectivity index (χ1v) is 3.49. The Morgan fingerprint density at radius 3 is 3.27 bits per heavy atom. The second-order valence-corrected chi connectivity index (χ2v) is 2.40. The number of nitrogens with zero attached hydrogens (tertiary/aromatic N) is 2. The molecule has 56 valence electrons. The van der Waals surface area contributed by atoms with Gasteiger partial charge in [0.25, 0.3) is 0 Å². The summed E-state index contributed by atoms with van der Waals surface area (Å²) in [6.45, 7) is 2.49. The normalized spacial score (nSPS) is 13.9. The van der Waals surface area contributed by atoms with Gasteiger partial charge in [-0.15, -0.1) is 0 Å². The van der Waals surface area contributed by atoms with E-state index in [1.807, 2.05) is 19.1 Å². The van der Waals surface area contributed by atoms with Crippen molar-refractivity contribution in [2.24, 2.45) is 4.99 Å². The average Bonchev–Trinajstić information content (AvgIpc) is 2.04. The van der Waals surface area contributed by atoms with Gasteiger partial charge in [0.05, 0.1) is 0 Å². The molecule has 0 spiro atoms. The Kier molecular flexibility index (Phi) is 1.35. The highest BCUT2D eigenvalue weighted by Gasteiger charge is 2.06. The maximum atomic E-state index is 5.27. The summed E-state index contributed by atoms with van der Waals surface area (Å²) in [4.78, 5) is 8.28. The van der Waals surface area contributed by atoms with Crippen molar-refractivity contribution in [2.45, 2.75) is 6.92 Å². The fourth-order valence-electron chi connectivity index (χ4n) is 0.986. The quantitative estimate of drug-likeness (QED) is 0.558. The smallest absolute Gasteiger partial charge is 0.195 e. The van der Waals surface area contributed by atoms with Crippen molar-refractivity contribution in [2.75, 3.05) is 6.61 Å². The van der Waals surface area contributed by atoms with E-state index in [0.29, 0.717) is 12.4 Å². The third-order valence-corrected chi connectivity index (χ3v) is 1.51. The highest BCUT2D eigenvalue weighted by molar-refractivity contribution is 5.68. The lowest BCUT2D eigenvalue weighted by Gasteiger charge is -2.09. The van der Waals surface area contributed by atoms with Gasteiger partial charge in [-0.1, -0.05) is 0 Å². The van der Waals surface area contributed by atoms with Crippen molar-refractivity contribution in [3.63, 3.8) is 0 Å². The first-order chi connectivity index (χ1) is 5.36. The number of aryl methyl sites for hydroxylation is 1. The summed E-state index contributed by atoms with van der Waals surface area (Å²) in [5.41, 5.74) is 0.964. The van der Waals surface area contributed by atoms with E-state index in [1.54, 1.807) is 6.21 Å². The van der Waals surface area contributed by atoms with E-state index in [0.717, 1.165) is 11.4 Å². The monoisotopic (exact) mass is 148 g/mol. The molecule has 0 saturated carbocycles. The molecule has 11 heavy (non-hydrogen) atoms. The van der Waals surface area contributed by atoms with Crippen molar-refractivity contribution in [1.82, 2.24) is 4.98 Å². The zero-order valence-electron chi connectivity index (χ0n) is 6.24. The summed E-state index contributed by atoms with van der Waals surface area (Å²) in [5.74, 6) is 1.47. The Hall–Kier alpha value is -1.38. The molecular formula is C8H8N2O. The molecule has 3 heteroatoms. The van der Waals surface area contributed by atoms with Crippen LogP contribution in [-0.4, -0.2) is 17.8 Å². The Morgan fingerprint density at radius 2 is 2.36 bits per heavy atom. The molecule has 0 bridgehead atoms. The molecule has 0 saturated heterocycles. The predicted octanol–water partition coefficient (Wildman–Crippen LogP) is 1.48. The molecule has 0 fully saturated rings. The molecule has 0 radical (unpaired) electrons. The molecular weight excluding hydrogens is 140 g/mol. The van der Waals surface area contributed by atoms with E-state index in [1.165, 1.54) is 0 Å². The van der Waals surface area contributed by atoms with E-state index >= 15 is 0 Å². The Balaban J connectivity index is 2.54. The van der Waals surface area contributed by atoms with Gasteiger partial charge < -0.3 is 4.74 Å². The molecule has 0 N–H and O–H groups in total. The van der Waals surface area contributed by atoms with E-state index in [-0.39, 0.29) is 0 Å². The SMILES string of the molecule is Cc1ccc2c(n1)N=CCO2. The van der Waals surface area contributed by atoms with E-state index < -0.39 is 0 Å². The lowest BCUT2D eigenvalue weighted by Crippen LogP contribution is -2.03. The Morgan fingerprint density at radius 1 is 1.45 bits per heavy atom. The highest BCUT2D eigenvalue weighted by atomic mass is 16.5. The third kappa shape index (κ3) is 1.09. The van der Waals surface area contributed by atoms with E-state index in [2.05, 4.69) is 9.98 Å². The van der Waals surface area contributed by atoms with Gasteiger partial charge in [0.1, 0.15) is 6.61 Å². The summed E-state index contributed by atoms with van der Waals surface area (Å²) >= 11 is 0. The lowest BCUT2D eigenvalue weighted by atomic mass is 10.3. The molecule has 2 rings (SSSR count). The summed E-state index contributed by atoms with van der Waals surface area (Å²) in [7, 11) is 0. The Bertz CT molecular complexity index is 307. The van der Waals surface area contributed by atoms with Crippen LogP contribution in [0.4, 0.5) is 5.82 Å². The van der Waals surface area contributed by atoms with Gasteiger partial charge in [0, 0.05) is 11.9 Å². The number of hydrogen-bond acceptors (Lipinski definition) is 3. The largest absolute Gasteiger partial charge is 0.484 e. The van der Waals surface area contributed by atoms with Gasteiger partial charge in [0.15, 0.2) is 11.6 Å². The number of ether oxygens (including phenoxy) is 1. The number of hydrogen-bond donors (Lipinski definition) is 0. The van der Waals surface area contributed by atoms with Crippen LogP contribution in [0.1, 0.15) is 5.69 Å². The second-order valence-electron chi connectivity index (χ2n) is 2.40. The predicted molar refractivity (Wildman–Crippen MR) is 42.6 cm³/mol. The maximum Gasteiger partial charge on any atom is 0.195 e. The van der Waals surface area contributed by atoms with Crippen molar-refractivity contribution in [3.8, 4) is 5.75 Å². The van der Waals surface area contributed by atoms with Gasteiger partial charge in [-0.05, 0) is 19.1 Å². The number of rotatable bonds is 0. The second kappa shape index (κ2) is 2.34. The van der Waals surface area contributed by atoms with Crippen molar-refractivity contribution >= 4 is 12.0 Å². The van der Waals surface area contributed by atoms with Crippen LogP contribution in [0.5, 0.6) is 5.75 Å². The topological polar surface area (TPSA) is 34.5 Å². The van der Waals surface area contributed by atoms with Crippen LogP contribution in [0.2, 0.25) is 0 Å². The van der Waals surface area contributed by atoms with E-state index in [4.69, 9.17) is 4.74 Å². The zero-order valence-corrected chi connectivity index (χ0v) is 6.24. The molecule has 1 aliphatic heterocycles. The molecule has 0 aromatic carbocycles. The summed E-state index contributed by atoms with van der Waals surface area (Å²) in [6.07, 6.45) is 1.72. The average molecular weight is 148 g/mol. The van der Waals surface area contributed by atoms with Gasteiger partial charge >= 0.3 is 0 Å². The van der Waals surface area contributed by atoms with Crippen LogP contribution >= 0.6 is 0 Å². The van der Waals surface area contributed by atoms with Gasteiger partial charge in [-0.25, -0.2) is 9.98 Å². The molecule has 0 unspecified atom stereocenters. The fraction of sp³-hybridized carbons (Fsp3) is 0.250. The van der Waals surface area contributed by atoms with Crippen LogP contribution in [0.25, 0.3) is 0 Å². The lowest BCUT2D eigenvalue weighted by molar-refractivity contribution is 0.375. The first kappa shape index (κ1) is 6.34. The molecule has 2 heterocycles. The van der Waals surface area contributed by atoms with Crippen LogP contribution in [-0.2, 0) is 0 Å². The van der Waals surface area contributed by atoms with Crippen LogP contribution in [0, 0.1) is 6.92 Å². The first-order valence-electron chi connectivity index (χ1n) is 3.49. The molecule has 0 amide bonds. The van der Waals surface area contributed by atoms with Gasteiger partial charge in [0.2, 0.25) is 0 Å². The summed E-state index contributed by atoms with van der Waals surface area (Å²) in [6, 6.07) is 3.81. The Labute approximate surface area is 64.7 Å². The van der Waals surface area contributed by atoms with Crippen LogP contribution in [0.15, 0.2) is 17.1 Å². The van der Waals surface area contributed by atoms with Crippen molar-refractivity contribution in [3.05, 3.63) is 17.8 Å². The summed E-state index contributed by atoms with van der Waals surface area (Å²) < 4.78 is 5.27. The summed E-state index contributed by atoms with van der Waals surface area (Å²) in [5, 5.41) is 0. The minimum Gasteiger partial charge on any atom is -0.484 e. The molecule has 1 aromatic rings. The van der Waals surface area contributed by atoms with Crippen LogP contribution in [0.3, 0.4) is 0 Å². The van der Waals surface area contributed by atoms with Crippen molar-refractivity contribution < 1.29 is 4.74 Å². The maximum absolute atomic E-state index is 5.27. The highest BCUT2D eigenvalue weighted by Crippen LogP contribution is 2.26. The standard InChI is InChI=1S/C8H8N2O/c1-6-2-3-7-8(10-6)9-4-5-11-7/h2-4H,5H2,1H3. The molecule has 0 aliphatic carbocycles. The zero-order chi connectivity index (χ0) is 7.68. The number of fused-ring (bicyclic) bond motifs is 1. The molecule has 1 aromatic heterocycles. The minimum absolute atomic E-state index is 0.553.